The van der Waals surface area contributed by atoms with Gasteiger partial charge in [-0.1, -0.05) is 6.07 Å². The van der Waals surface area contributed by atoms with Crippen LogP contribution in [-0.2, 0) is 0 Å². The summed E-state index contributed by atoms with van der Waals surface area (Å²) < 4.78 is 0. The molecular weight excluding hydrogens is 140 g/mol. The monoisotopic (exact) mass is 149 g/mol. The quantitative estimate of drug-likeness (QED) is 0.385. The van der Waals surface area contributed by atoms with Crippen LogP contribution in [0, 0.1) is 0 Å². The third kappa shape index (κ3) is 4.04. The van der Waals surface area contributed by atoms with Gasteiger partial charge in [0.05, 0.1) is 0 Å². The summed E-state index contributed by atoms with van der Waals surface area (Å²) in [5, 5.41) is 0. The van der Waals surface area contributed by atoms with E-state index in [1.54, 1.807) is 12.4 Å². The second-order valence-corrected chi connectivity index (χ2v) is 1.02. The molecular formula is C5H9ClNP. The van der Waals surface area contributed by atoms with Gasteiger partial charge >= 0.3 is 0 Å². The van der Waals surface area contributed by atoms with Crippen molar-refractivity contribution in [1.29, 1.82) is 0 Å². The van der Waals surface area contributed by atoms with Gasteiger partial charge in [-0.05, 0) is 22.0 Å². The molecule has 1 unspecified atom stereocenters. The zero-order valence-electron chi connectivity index (χ0n) is 4.71. The summed E-state index contributed by atoms with van der Waals surface area (Å²) in [5.41, 5.74) is 0. The third-order valence-electron chi connectivity index (χ3n) is 0.566. The van der Waals surface area contributed by atoms with Crippen molar-refractivity contribution in [3.63, 3.8) is 0 Å². The number of hydrogen-bond donors (Lipinski definition) is 0. The highest BCUT2D eigenvalue weighted by Gasteiger charge is 1.58. The molecule has 0 radical (unpaired) electrons. The zero-order valence-corrected chi connectivity index (χ0v) is 7.47. The van der Waals surface area contributed by atoms with Gasteiger partial charge in [0.25, 0.3) is 0 Å². The molecule has 0 bridgehead atoms. The van der Waals surface area contributed by atoms with E-state index >= 15 is 0 Å². The van der Waals surface area contributed by atoms with Gasteiger partial charge in [-0.25, -0.2) is 0 Å². The molecule has 0 saturated heterocycles. The molecule has 0 aliphatic heterocycles. The number of hydrogen-bond acceptors (Lipinski definition) is 1. The smallest absolute Gasteiger partial charge is 0.0267 e. The van der Waals surface area contributed by atoms with Crippen molar-refractivity contribution >= 4 is 9.90 Å². The summed E-state index contributed by atoms with van der Waals surface area (Å²) in [6.07, 6.45) is 3.50. The zero-order chi connectivity index (χ0) is 4.24. The van der Waals surface area contributed by atoms with E-state index < -0.39 is 0 Å². The van der Waals surface area contributed by atoms with Crippen molar-refractivity contribution in [3.05, 3.63) is 30.6 Å². The lowest BCUT2D eigenvalue weighted by Crippen LogP contribution is -3.00. The number of nitrogens with zero attached hydrogens (tertiary/aromatic N) is 1. The van der Waals surface area contributed by atoms with Crippen molar-refractivity contribution in [2.24, 2.45) is 0 Å². The molecule has 0 saturated carbocycles. The first-order valence-corrected chi connectivity index (χ1v) is 1.85. The van der Waals surface area contributed by atoms with Crippen LogP contribution < -0.4 is 12.4 Å². The first-order valence-electron chi connectivity index (χ1n) is 1.85. The third-order valence-corrected chi connectivity index (χ3v) is 0.566. The molecule has 1 heterocycles. The molecule has 0 amide bonds. The lowest BCUT2D eigenvalue weighted by atomic mass is 10.5. The highest BCUT2D eigenvalue weighted by atomic mass is 35.5. The van der Waals surface area contributed by atoms with E-state index in [0.29, 0.717) is 0 Å². The molecule has 1 atom stereocenters. The van der Waals surface area contributed by atoms with Crippen molar-refractivity contribution in [2.75, 3.05) is 0 Å². The molecule has 0 N–H and O–H groups in total. The van der Waals surface area contributed by atoms with E-state index in [0.717, 1.165) is 0 Å². The van der Waals surface area contributed by atoms with Crippen LogP contribution in [0.4, 0.5) is 0 Å². The van der Waals surface area contributed by atoms with Crippen molar-refractivity contribution < 1.29 is 12.4 Å². The molecule has 0 aliphatic carbocycles. The largest absolute Gasteiger partial charge is 1.00 e. The molecule has 1 nitrogen and oxygen atoms in total. The van der Waals surface area contributed by atoms with Crippen LogP contribution in [0.15, 0.2) is 30.6 Å². The first-order chi connectivity index (χ1) is 3.00. The van der Waals surface area contributed by atoms with Gasteiger partial charge in [-0.3, -0.25) is 4.98 Å². The Balaban J connectivity index is 0. The molecule has 0 aliphatic rings. The fourth-order valence-corrected chi connectivity index (χ4v) is 0.313. The summed E-state index contributed by atoms with van der Waals surface area (Å²) in [6, 6.07) is 5.72. The number of rotatable bonds is 0. The van der Waals surface area contributed by atoms with Gasteiger partial charge in [-0.15, -0.1) is 0 Å². The normalized spacial score (nSPS) is 6.00. The van der Waals surface area contributed by atoms with Crippen molar-refractivity contribution in [3.8, 4) is 0 Å². The molecule has 0 fully saturated rings. The van der Waals surface area contributed by atoms with Crippen molar-refractivity contribution in [2.45, 2.75) is 0 Å². The minimum absolute atomic E-state index is 0. The molecule has 1 aromatic rings. The molecule has 1 aromatic heterocycles. The van der Waals surface area contributed by atoms with E-state index in [9.17, 15) is 0 Å². The lowest BCUT2D eigenvalue weighted by molar-refractivity contribution is -0.00000142. The van der Waals surface area contributed by atoms with Crippen LogP contribution >= 0.6 is 9.90 Å². The van der Waals surface area contributed by atoms with Gasteiger partial charge in [0.2, 0.25) is 0 Å². The molecule has 3 heteroatoms. The molecule has 0 spiro atoms. The van der Waals surface area contributed by atoms with E-state index in [2.05, 4.69) is 4.98 Å². The van der Waals surface area contributed by atoms with Crippen molar-refractivity contribution in [1.82, 2.24) is 4.98 Å². The Morgan fingerprint density at radius 3 is 1.50 bits per heavy atom. The summed E-state index contributed by atoms with van der Waals surface area (Å²) in [4.78, 5) is 3.78. The summed E-state index contributed by atoms with van der Waals surface area (Å²) in [6.45, 7) is 0. The predicted molar refractivity (Wildman–Crippen MR) is 36.7 cm³/mol. The molecule has 46 valence electrons. The Labute approximate surface area is 58.6 Å². The number of pyridine rings is 1. The second kappa shape index (κ2) is 6.87. The Morgan fingerprint density at radius 1 is 0.875 bits per heavy atom. The van der Waals surface area contributed by atoms with E-state index in [4.69, 9.17) is 0 Å². The van der Waals surface area contributed by atoms with Gasteiger partial charge in [0.1, 0.15) is 0 Å². The van der Waals surface area contributed by atoms with Crippen LogP contribution in [0.1, 0.15) is 0 Å². The molecule has 1 rings (SSSR count). The lowest BCUT2D eigenvalue weighted by Gasteiger charge is -1.70. The Bertz CT molecular complexity index is 84.4. The fourth-order valence-electron chi connectivity index (χ4n) is 0.313. The minimum Gasteiger partial charge on any atom is -1.00 e. The van der Waals surface area contributed by atoms with Crippen LogP contribution in [0.25, 0.3) is 0 Å². The van der Waals surface area contributed by atoms with Crippen LogP contribution in [0.3, 0.4) is 0 Å². The maximum Gasteiger partial charge on any atom is 0.0267 e. The van der Waals surface area contributed by atoms with Gasteiger partial charge in [0.15, 0.2) is 0 Å². The first kappa shape index (κ1) is 10.8. The number of halogens is 1. The van der Waals surface area contributed by atoms with Gasteiger partial charge in [-0.2, -0.15) is 0 Å². The highest BCUT2D eigenvalue weighted by molar-refractivity contribution is 6.92. The van der Waals surface area contributed by atoms with Crippen LogP contribution in [0.5, 0.6) is 0 Å². The summed E-state index contributed by atoms with van der Waals surface area (Å²) in [7, 11) is 0. The molecule has 8 heavy (non-hydrogen) atoms. The fraction of sp³-hybridized carbons (Fsp3) is 0. The van der Waals surface area contributed by atoms with Crippen LogP contribution in [0.2, 0.25) is 0 Å². The molecule has 0 aromatic carbocycles. The highest BCUT2D eigenvalue weighted by Crippen LogP contribution is 1.73. The maximum absolute atomic E-state index is 3.78. The number of aromatic nitrogens is 1. The van der Waals surface area contributed by atoms with Gasteiger partial charge < -0.3 is 12.4 Å². The summed E-state index contributed by atoms with van der Waals surface area (Å²) in [5.74, 6) is 0. The SMILES string of the molecule is [Cl-].[PH4+].c1ccncc1. The Morgan fingerprint density at radius 2 is 1.38 bits per heavy atom. The average Bonchev–Trinajstić information content (AvgIpc) is 1.72. The van der Waals surface area contributed by atoms with E-state index in [-0.39, 0.29) is 22.3 Å². The van der Waals surface area contributed by atoms with Gasteiger partial charge in [0, 0.05) is 12.4 Å². The van der Waals surface area contributed by atoms with E-state index in [1.807, 2.05) is 18.2 Å². The summed E-state index contributed by atoms with van der Waals surface area (Å²) >= 11 is 0. The van der Waals surface area contributed by atoms with E-state index in [1.165, 1.54) is 0 Å². The average molecular weight is 150 g/mol. The predicted octanol–water partition coefficient (Wildman–Crippen LogP) is -2.12. The Hall–Kier alpha value is -0.130. The van der Waals surface area contributed by atoms with Crippen LogP contribution in [-0.4, -0.2) is 4.98 Å². The topological polar surface area (TPSA) is 12.9 Å². The minimum atomic E-state index is 0. The Kier molecular flexibility index (Phi) is 9.26. The maximum atomic E-state index is 3.78. The second-order valence-electron chi connectivity index (χ2n) is 1.02. The standard InChI is InChI=1S/C5H5N.ClH.H3P/c1-2-4-6-5-3-1;;/h1-5H;1H;1H3.